The van der Waals surface area contributed by atoms with Gasteiger partial charge in [0.25, 0.3) is 11.8 Å². The number of carbonyl (C=O) groups excluding carboxylic acids is 4. The maximum atomic E-state index is 13.3. The molecule has 2 atom stereocenters. The lowest BCUT2D eigenvalue weighted by atomic mass is 9.97. The van der Waals surface area contributed by atoms with Crippen molar-refractivity contribution in [3.05, 3.63) is 156 Å². The normalized spacial score (nSPS) is 12.0. The number of methoxy groups -OCH3 is 2. The van der Waals surface area contributed by atoms with Crippen LogP contribution in [-0.4, -0.2) is 63.3 Å². The molecule has 2 unspecified atom stereocenters. The maximum Gasteiger partial charge on any atom is 0.328 e. The van der Waals surface area contributed by atoms with E-state index < -0.39 is 35.8 Å². The van der Waals surface area contributed by atoms with Gasteiger partial charge in [-0.25, -0.2) is 9.59 Å². The van der Waals surface area contributed by atoms with Crippen LogP contribution in [0.15, 0.2) is 133 Å². The van der Waals surface area contributed by atoms with Crippen molar-refractivity contribution in [1.29, 1.82) is 0 Å². The average Bonchev–Trinajstić information content (AvgIpc) is 3.22. The van der Waals surface area contributed by atoms with Crippen molar-refractivity contribution in [3.8, 4) is 11.5 Å². The van der Waals surface area contributed by atoms with Crippen molar-refractivity contribution >= 4 is 45.3 Å². The zero-order chi connectivity index (χ0) is 38.6. The predicted octanol–water partition coefficient (Wildman–Crippen LogP) is 6.14. The minimum atomic E-state index is -0.897. The summed E-state index contributed by atoms with van der Waals surface area (Å²) in [6.45, 7) is -0.705. The van der Waals surface area contributed by atoms with Crippen LogP contribution in [0.3, 0.4) is 0 Å². The summed E-state index contributed by atoms with van der Waals surface area (Å²) < 4.78 is 22.5. The fourth-order valence-electron chi connectivity index (χ4n) is 6.52. The Morgan fingerprint density at radius 2 is 0.873 bits per heavy atom. The van der Waals surface area contributed by atoms with Gasteiger partial charge < -0.3 is 29.6 Å². The van der Waals surface area contributed by atoms with Gasteiger partial charge in [-0.3, -0.25) is 9.59 Å². The number of ether oxygens (including phenoxy) is 4. The van der Waals surface area contributed by atoms with Gasteiger partial charge in [0.05, 0.1) is 14.2 Å². The molecule has 0 aliphatic carbocycles. The summed E-state index contributed by atoms with van der Waals surface area (Å²) >= 11 is 0. The molecule has 280 valence electrons. The van der Waals surface area contributed by atoms with Gasteiger partial charge in [0.1, 0.15) is 23.6 Å². The molecule has 0 saturated heterocycles. The third-order valence-electron chi connectivity index (χ3n) is 9.21. The first-order chi connectivity index (χ1) is 26.8. The van der Waals surface area contributed by atoms with Crippen LogP contribution in [0.1, 0.15) is 22.3 Å². The Morgan fingerprint density at radius 3 is 1.27 bits per heavy atom. The molecule has 0 heterocycles. The molecule has 0 aliphatic rings. The highest BCUT2D eigenvalue weighted by molar-refractivity contribution is 5.93. The lowest BCUT2D eigenvalue weighted by Crippen LogP contribution is -2.45. The van der Waals surface area contributed by atoms with Crippen LogP contribution in [0, 0.1) is 0 Å². The van der Waals surface area contributed by atoms with E-state index >= 15 is 0 Å². The predicted molar refractivity (Wildman–Crippen MR) is 210 cm³/mol. The molecule has 0 aliphatic heterocycles. The zero-order valence-corrected chi connectivity index (χ0v) is 30.7. The smallest absolute Gasteiger partial charge is 0.328 e. The standard InChI is InChI=1S/C45H42N2O8/c1-52-44(50)38(25-30-13-5-3-6-14-30)46-40(48)28-54-42-34(23-21-32-17-9-11-19-36(32)42)27-35-24-22-33-18-10-12-20-37(33)43(35)55-29-41(49)47-39(45(51)53-2)26-31-15-7-4-8-16-31/h3-24,38-39H,25-29H2,1-2H3,(H,46,48)(H,47,49). The number of hydrogen-bond donors (Lipinski definition) is 2. The van der Waals surface area contributed by atoms with Crippen molar-refractivity contribution in [2.45, 2.75) is 31.3 Å². The molecule has 6 aromatic rings. The van der Waals surface area contributed by atoms with Crippen molar-refractivity contribution in [2.24, 2.45) is 0 Å². The Labute approximate surface area is 319 Å². The van der Waals surface area contributed by atoms with E-state index in [1.54, 1.807) is 0 Å². The van der Waals surface area contributed by atoms with Crippen LogP contribution in [0.4, 0.5) is 0 Å². The van der Waals surface area contributed by atoms with Crippen molar-refractivity contribution in [2.75, 3.05) is 27.4 Å². The number of rotatable bonds is 16. The fraction of sp³-hybridized carbons (Fsp3) is 0.200. The van der Waals surface area contributed by atoms with Gasteiger partial charge in [0.15, 0.2) is 13.2 Å². The van der Waals surface area contributed by atoms with Crippen molar-refractivity contribution in [3.63, 3.8) is 0 Å². The van der Waals surface area contributed by atoms with E-state index in [4.69, 9.17) is 18.9 Å². The number of carbonyl (C=O) groups is 4. The molecule has 0 radical (unpaired) electrons. The largest absolute Gasteiger partial charge is 0.483 e. The maximum absolute atomic E-state index is 13.3. The van der Waals surface area contributed by atoms with Gasteiger partial charge in [0, 0.05) is 30.0 Å². The quantitative estimate of drug-likeness (QED) is 0.113. The Morgan fingerprint density at radius 1 is 0.491 bits per heavy atom. The first-order valence-electron chi connectivity index (χ1n) is 17.9. The number of fused-ring (bicyclic) bond motifs is 2. The van der Waals surface area contributed by atoms with Crippen LogP contribution in [0.25, 0.3) is 21.5 Å². The van der Waals surface area contributed by atoms with Crippen molar-refractivity contribution < 1.29 is 38.1 Å². The van der Waals surface area contributed by atoms with E-state index in [0.29, 0.717) is 17.9 Å². The number of hydrogen-bond acceptors (Lipinski definition) is 8. The first-order valence-corrected chi connectivity index (χ1v) is 17.9. The summed E-state index contributed by atoms with van der Waals surface area (Å²) in [7, 11) is 2.57. The van der Waals surface area contributed by atoms with E-state index in [9.17, 15) is 19.2 Å². The van der Waals surface area contributed by atoms with Gasteiger partial charge in [0.2, 0.25) is 0 Å². The summed E-state index contributed by atoms with van der Waals surface area (Å²) in [5.41, 5.74) is 3.30. The second-order valence-corrected chi connectivity index (χ2v) is 13.0. The summed E-state index contributed by atoms with van der Waals surface area (Å²) in [6, 6.07) is 40.2. The Bertz CT molecular complexity index is 2120. The van der Waals surface area contributed by atoms with E-state index in [0.717, 1.165) is 43.8 Å². The lowest BCUT2D eigenvalue weighted by molar-refractivity contribution is -0.145. The molecule has 2 amide bonds. The summed E-state index contributed by atoms with van der Waals surface area (Å²) in [5.74, 6) is -1.07. The lowest BCUT2D eigenvalue weighted by Gasteiger charge is -2.20. The van der Waals surface area contributed by atoms with Gasteiger partial charge >= 0.3 is 11.9 Å². The highest BCUT2D eigenvalue weighted by Gasteiger charge is 2.25. The third-order valence-corrected chi connectivity index (χ3v) is 9.21. The van der Waals surface area contributed by atoms with E-state index in [1.807, 2.05) is 133 Å². The van der Waals surface area contributed by atoms with E-state index in [-0.39, 0.29) is 26.1 Å². The van der Waals surface area contributed by atoms with Crippen LogP contribution in [-0.2, 0) is 47.9 Å². The monoisotopic (exact) mass is 738 g/mol. The minimum absolute atomic E-state index is 0.262. The topological polar surface area (TPSA) is 129 Å². The fourth-order valence-corrected chi connectivity index (χ4v) is 6.52. The molecule has 0 bridgehead atoms. The summed E-state index contributed by atoms with van der Waals surface area (Å²) in [4.78, 5) is 51.8. The second-order valence-electron chi connectivity index (χ2n) is 13.0. The second kappa shape index (κ2) is 18.4. The van der Waals surface area contributed by atoms with E-state index in [2.05, 4.69) is 10.6 Å². The van der Waals surface area contributed by atoms with Gasteiger partial charge in [-0.05, 0) is 33.0 Å². The average molecular weight is 739 g/mol. The third kappa shape index (κ3) is 9.85. The summed E-state index contributed by atoms with van der Waals surface area (Å²) in [5, 5.41) is 8.98. The molecule has 6 aromatic carbocycles. The zero-order valence-electron chi connectivity index (χ0n) is 30.7. The molecule has 6 rings (SSSR count). The van der Waals surface area contributed by atoms with Gasteiger partial charge in [-0.1, -0.05) is 133 Å². The number of benzene rings is 6. The summed E-state index contributed by atoms with van der Waals surface area (Å²) in [6.07, 6.45) is 0.858. The number of esters is 2. The Balaban J connectivity index is 1.23. The number of nitrogens with one attached hydrogen (secondary N) is 2. The molecule has 0 fully saturated rings. The van der Waals surface area contributed by atoms with Crippen molar-refractivity contribution in [1.82, 2.24) is 10.6 Å². The Kier molecular flexibility index (Phi) is 12.7. The molecule has 0 aromatic heterocycles. The van der Waals surface area contributed by atoms with Gasteiger partial charge in [-0.15, -0.1) is 0 Å². The van der Waals surface area contributed by atoms with Crippen LogP contribution in [0.2, 0.25) is 0 Å². The molecule has 2 N–H and O–H groups in total. The highest BCUT2D eigenvalue weighted by atomic mass is 16.5. The molecular formula is C45H42N2O8. The molecule has 0 spiro atoms. The highest BCUT2D eigenvalue weighted by Crippen LogP contribution is 2.36. The van der Waals surface area contributed by atoms with Crippen LogP contribution >= 0.6 is 0 Å². The van der Waals surface area contributed by atoms with E-state index in [1.165, 1.54) is 14.2 Å². The molecular weight excluding hydrogens is 697 g/mol. The molecule has 10 nitrogen and oxygen atoms in total. The SMILES string of the molecule is COC(=O)C(Cc1ccccc1)NC(=O)COc1c(Cc2ccc3ccccc3c2OCC(=O)NC(Cc2ccccc2)C(=O)OC)ccc2ccccc12. The minimum Gasteiger partial charge on any atom is -0.483 e. The molecule has 0 saturated carbocycles. The van der Waals surface area contributed by atoms with Gasteiger partial charge in [-0.2, -0.15) is 0 Å². The molecule has 10 heteroatoms. The van der Waals surface area contributed by atoms with Crippen LogP contribution < -0.4 is 20.1 Å². The molecule has 55 heavy (non-hydrogen) atoms. The Hall–Kier alpha value is -6.68. The first kappa shape index (κ1) is 38.1. The number of amides is 2. The van der Waals surface area contributed by atoms with Crippen LogP contribution in [0.5, 0.6) is 11.5 Å².